The Labute approximate surface area is 218 Å². The first kappa shape index (κ1) is 27.5. The lowest BCUT2D eigenvalue weighted by atomic mass is 9.97. The molecular weight excluding hydrogens is 468 g/mol. The minimum Gasteiger partial charge on any atom is -0.494 e. The van der Waals surface area contributed by atoms with Crippen LogP contribution in [0, 0.1) is 0 Å². The summed E-state index contributed by atoms with van der Waals surface area (Å²) in [6, 6.07) is 21.8. The SMILES string of the molecule is CCOc1cccc(CCC(=O)CCC(NC=O)C(=O)c2ccc(OCc3ccccc3)c(NC)c2)c1. The quantitative estimate of drug-likeness (QED) is 0.212. The normalized spacial score (nSPS) is 11.3. The molecule has 3 rings (SSSR count). The molecule has 7 nitrogen and oxygen atoms in total. The lowest BCUT2D eigenvalue weighted by Gasteiger charge is -2.17. The molecule has 0 bridgehead atoms. The van der Waals surface area contributed by atoms with Crippen LogP contribution in [0.3, 0.4) is 0 Å². The topological polar surface area (TPSA) is 93.7 Å². The highest BCUT2D eigenvalue weighted by molar-refractivity contribution is 6.02. The van der Waals surface area contributed by atoms with E-state index in [0.29, 0.717) is 49.5 Å². The van der Waals surface area contributed by atoms with Crippen molar-refractivity contribution in [3.8, 4) is 11.5 Å². The van der Waals surface area contributed by atoms with Crippen molar-refractivity contribution in [2.75, 3.05) is 19.0 Å². The first-order valence-electron chi connectivity index (χ1n) is 12.5. The van der Waals surface area contributed by atoms with E-state index in [2.05, 4.69) is 10.6 Å². The van der Waals surface area contributed by atoms with Crippen molar-refractivity contribution in [2.45, 2.75) is 45.3 Å². The zero-order valence-corrected chi connectivity index (χ0v) is 21.4. The molecule has 0 saturated carbocycles. The van der Waals surface area contributed by atoms with Gasteiger partial charge < -0.3 is 20.1 Å². The number of aryl methyl sites for hydroxylation is 1. The summed E-state index contributed by atoms with van der Waals surface area (Å²) in [6.07, 6.45) is 1.88. The number of ether oxygens (including phenoxy) is 2. The van der Waals surface area contributed by atoms with Gasteiger partial charge in [0, 0.05) is 25.5 Å². The number of rotatable bonds is 16. The van der Waals surface area contributed by atoms with Crippen LogP contribution < -0.4 is 20.1 Å². The van der Waals surface area contributed by atoms with Gasteiger partial charge in [-0.25, -0.2) is 0 Å². The van der Waals surface area contributed by atoms with Crippen LogP contribution in [-0.2, 0) is 22.6 Å². The lowest BCUT2D eigenvalue weighted by molar-refractivity contribution is -0.119. The molecule has 1 atom stereocenters. The molecule has 1 amide bonds. The highest BCUT2D eigenvalue weighted by Crippen LogP contribution is 2.27. The van der Waals surface area contributed by atoms with E-state index in [4.69, 9.17) is 9.47 Å². The predicted molar refractivity (Wildman–Crippen MR) is 144 cm³/mol. The van der Waals surface area contributed by atoms with E-state index in [-0.39, 0.29) is 24.4 Å². The molecule has 0 aliphatic carbocycles. The molecule has 3 aromatic carbocycles. The fourth-order valence-electron chi connectivity index (χ4n) is 3.98. The standard InChI is InChI=1S/C30H34N2O5/c1-3-36-26-11-7-10-22(18-26)12-14-25(34)15-16-27(32-21-33)30(35)24-13-17-29(28(19-24)31-2)37-20-23-8-5-4-6-9-23/h4-11,13,17-19,21,27,31H,3,12,14-16,20H2,1-2H3,(H,32,33). The van der Waals surface area contributed by atoms with Crippen molar-refractivity contribution >= 4 is 23.7 Å². The van der Waals surface area contributed by atoms with Crippen molar-refractivity contribution in [2.24, 2.45) is 0 Å². The van der Waals surface area contributed by atoms with Crippen LogP contribution in [0.15, 0.2) is 72.8 Å². The van der Waals surface area contributed by atoms with Gasteiger partial charge in [0.2, 0.25) is 6.41 Å². The van der Waals surface area contributed by atoms with Crippen LogP contribution in [0.2, 0.25) is 0 Å². The number of carbonyl (C=O) groups excluding carboxylic acids is 3. The summed E-state index contributed by atoms with van der Waals surface area (Å²) in [5.74, 6) is 1.18. The van der Waals surface area contributed by atoms with Gasteiger partial charge in [0.1, 0.15) is 23.9 Å². The minimum absolute atomic E-state index is 0.0351. The number of nitrogens with one attached hydrogen (secondary N) is 2. The van der Waals surface area contributed by atoms with Crippen LogP contribution in [0.4, 0.5) is 5.69 Å². The van der Waals surface area contributed by atoms with E-state index in [1.54, 1.807) is 25.2 Å². The summed E-state index contributed by atoms with van der Waals surface area (Å²) in [6.45, 7) is 2.91. The highest BCUT2D eigenvalue weighted by Gasteiger charge is 2.22. The molecule has 0 fully saturated rings. The summed E-state index contributed by atoms with van der Waals surface area (Å²) >= 11 is 0. The van der Waals surface area contributed by atoms with Crippen LogP contribution in [-0.4, -0.2) is 37.7 Å². The second kappa shape index (κ2) is 14.4. The van der Waals surface area contributed by atoms with Gasteiger partial charge in [-0.2, -0.15) is 0 Å². The summed E-state index contributed by atoms with van der Waals surface area (Å²) in [5, 5.41) is 5.64. The molecule has 0 aromatic heterocycles. The molecule has 0 saturated heterocycles. The monoisotopic (exact) mass is 502 g/mol. The average molecular weight is 503 g/mol. The van der Waals surface area contributed by atoms with Gasteiger partial charge in [0.15, 0.2) is 5.78 Å². The summed E-state index contributed by atoms with van der Waals surface area (Å²) < 4.78 is 11.4. The fraction of sp³-hybridized carbons (Fsp3) is 0.300. The maximum Gasteiger partial charge on any atom is 0.207 e. The van der Waals surface area contributed by atoms with Crippen molar-refractivity contribution in [3.63, 3.8) is 0 Å². The largest absolute Gasteiger partial charge is 0.494 e. The van der Waals surface area contributed by atoms with Crippen molar-refractivity contribution < 1.29 is 23.9 Å². The van der Waals surface area contributed by atoms with Gasteiger partial charge in [-0.15, -0.1) is 0 Å². The van der Waals surface area contributed by atoms with Crippen molar-refractivity contribution in [1.82, 2.24) is 5.32 Å². The Morgan fingerprint density at radius 2 is 1.70 bits per heavy atom. The molecule has 0 heterocycles. The zero-order chi connectivity index (χ0) is 26.5. The Balaban J connectivity index is 1.57. The molecular formula is C30H34N2O5. The highest BCUT2D eigenvalue weighted by atomic mass is 16.5. The third kappa shape index (κ3) is 8.49. The summed E-state index contributed by atoms with van der Waals surface area (Å²) in [7, 11) is 1.75. The van der Waals surface area contributed by atoms with Gasteiger partial charge in [-0.3, -0.25) is 14.4 Å². The van der Waals surface area contributed by atoms with E-state index >= 15 is 0 Å². The average Bonchev–Trinajstić information content (AvgIpc) is 2.93. The zero-order valence-electron chi connectivity index (χ0n) is 21.4. The molecule has 7 heteroatoms. The van der Waals surface area contributed by atoms with E-state index in [1.165, 1.54) is 0 Å². The molecule has 2 N–H and O–H groups in total. The molecule has 3 aromatic rings. The van der Waals surface area contributed by atoms with E-state index in [1.807, 2.05) is 61.5 Å². The second-order valence-corrected chi connectivity index (χ2v) is 8.59. The van der Waals surface area contributed by atoms with Crippen LogP contribution in [0.5, 0.6) is 11.5 Å². The third-order valence-corrected chi connectivity index (χ3v) is 5.97. The Morgan fingerprint density at radius 3 is 2.43 bits per heavy atom. The second-order valence-electron chi connectivity index (χ2n) is 8.59. The van der Waals surface area contributed by atoms with Gasteiger partial charge in [0.05, 0.1) is 18.3 Å². The predicted octanol–water partition coefficient (Wildman–Crippen LogP) is 4.99. The number of hydrogen-bond acceptors (Lipinski definition) is 6. The van der Waals surface area contributed by atoms with Gasteiger partial charge in [-0.05, 0) is 61.2 Å². The molecule has 0 aliphatic heterocycles. The van der Waals surface area contributed by atoms with E-state index in [0.717, 1.165) is 16.9 Å². The Hall–Kier alpha value is -4.13. The minimum atomic E-state index is -0.788. The third-order valence-electron chi connectivity index (χ3n) is 5.97. The molecule has 37 heavy (non-hydrogen) atoms. The number of amides is 1. The first-order chi connectivity index (χ1) is 18.0. The van der Waals surface area contributed by atoms with Crippen molar-refractivity contribution in [1.29, 1.82) is 0 Å². The van der Waals surface area contributed by atoms with Crippen LogP contribution in [0.1, 0.15) is 47.7 Å². The first-order valence-corrected chi connectivity index (χ1v) is 12.5. The van der Waals surface area contributed by atoms with Crippen LogP contribution in [0.25, 0.3) is 0 Å². The molecule has 0 aliphatic rings. The molecule has 0 spiro atoms. The maximum atomic E-state index is 13.2. The number of hydrogen-bond donors (Lipinski definition) is 2. The van der Waals surface area contributed by atoms with E-state index < -0.39 is 6.04 Å². The van der Waals surface area contributed by atoms with Crippen molar-refractivity contribution in [3.05, 3.63) is 89.5 Å². The van der Waals surface area contributed by atoms with Crippen LogP contribution >= 0.6 is 0 Å². The van der Waals surface area contributed by atoms with Gasteiger partial charge in [-0.1, -0.05) is 42.5 Å². The Kier molecular flexibility index (Phi) is 10.7. The number of benzene rings is 3. The Morgan fingerprint density at radius 1 is 0.919 bits per heavy atom. The molecule has 0 radical (unpaired) electrons. The summed E-state index contributed by atoms with van der Waals surface area (Å²) in [5.41, 5.74) is 3.15. The molecule has 1 unspecified atom stereocenters. The van der Waals surface area contributed by atoms with E-state index in [9.17, 15) is 14.4 Å². The fourth-order valence-corrected chi connectivity index (χ4v) is 3.98. The molecule has 194 valence electrons. The number of anilines is 1. The number of Topliss-reactive ketones (excluding diaryl/α,β-unsaturated/α-hetero) is 2. The Bertz CT molecular complexity index is 1180. The lowest BCUT2D eigenvalue weighted by Crippen LogP contribution is -2.36. The maximum absolute atomic E-state index is 13.2. The summed E-state index contributed by atoms with van der Waals surface area (Å²) in [4.78, 5) is 36.9. The smallest absolute Gasteiger partial charge is 0.207 e. The number of ketones is 2. The number of carbonyl (C=O) groups is 3. The van der Waals surface area contributed by atoms with Gasteiger partial charge in [0.25, 0.3) is 0 Å². The van der Waals surface area contributed by atoms with Gasteiger partial charge >= 0.3 is 0 Å².